The van der Waals surface area contributed by atoms with Gasteiger partial charge in [0.1, 0.15) is 5.03 Å². The van der Waals surface area contributed by atoms with Crippen LogP contribution in [0.25, 0.3) is 11.4 Å². The smallest absolute Gasteiger partial charge is 0.290 e. The number of rotatable bonds is 5. The van der Waals surface area contributed by atoms with Gasteiger partial charge in [-0.3, -0.25) is 4.79 Å². The van der Waals surface area contributed by atoms with Crippen molar-refractivity contribution in [1.82, 2.24) is 25.2 Å². The number of amides is 1. The molecule has 7 nitrogen and oxygen atoms in total. The van der Waals surface area contributed by atoms with Gasteiger partial charge >= 0.3 is 0 Å². The van der Waals surface area contributed by atoms with Crippen LogP contribution in [-0.4, -0.2) is 36.9 Å². The third kappa shape index (κ3) is 3.97. The van der Waals surface area contributed by atoms with Crippen LogP contribution in [0.3, 0.4) is 0 Å². The average molecular weight is 362 g/mol. The largest absolute Gasteiger partial charge is 0.322 e. The number of hydrogen-bond donors (Lipinski definition) is 1. The van der Waals surface area contributed by atoms with E-state index in [9.17, 15) is 13.6 Å². The highest BCUT2D eigenvalue weighted by Crippen LogP contribution is 2.27. The van der Waals surface area contributed by atoms with Gasteiger partial charge in [0.15, 0.2) is 5.82 Å². The molecule has 3 aromatic rings. The van der Waals surface area contributed by atoms with Crippen molar-refractivity contribution in [2.75, 3.05) is 5.32 Å². The van der Waals surface area contributed by atoms with Gasteiger partial charge < -0.3 is 5.32 Å². The van der Waals surface area contributed by atoms with E-state index >= 15 is 0 Å². The summed E-state index contributed by atoms with van der Waals surface area (Å²) < 4.78 is 26.7. The lowest BCUT2D eigenvalue weighted by molar-refractivity contribution is 0.102. The number of thioether (sulfide) groups is 1. The topological polar surface area (TPSA) is 85.6 Å². The molecule has 0 aliphatic carbocycles. The van der Waals surface area contributed by atoms with Gasteiger partial charge in [0.2, 0.25) is 0 Å². The second-order valence-electron chi connectivity index (χ2n) is 4.90. The zero-order valence-corrected chi connectivity index (χ0v) is 13.7. The Bertz CT molecular complexity index is 901. The van der Waals surface area contributed by atoms with Gasteiger partial charge in [-0.1, -0.05) is 12.1 Å². The van der Waals surface area contributed by atoms with Gasteiger partial charge in [-0.2, -0.15) is 8.78 Å². The zero-order chi connectivity index (χ0) is 17.8. The summed E-state index contributed by atoms with van der Waals surface area (Å²) in [5.74, 6) is -2.65. The summed E-state index contributed by atoms with van der Waals surface area (Å²) in [6.07, 6.45) is 1.36. The van der Waals surface area contributed by atoms with E-state index in [1.165, 1.54) is 23.0 Å². The summed E-state index contributed by atoms with van der Waals surface area (Å²) >= 11 is 0.232. The molecule has 0 radical (unpaired) electrons. The maximum atomic E-state index is 12.6. The lowest BCUT2D eigenvalue weighted by Crippen LogP contribution is -2.14. The fraction of sp³-hybridized carbons (Fsp3) is 0.133. The molecule has 2 heterocycles. The minimum absolute atomic E-state index is 0.0244. The molecule has 0 saturated carbocycles. The van der Waals surface area contributed by atoms with E-state index in [1.807, 2.05) is 0 Å². The Morgan fingerprint density at radius 2 is 2.12 bits per heavy atom. The van der Waals surface area contributed by atoms with Gasteiger partial charge in [0, 0.05) is 24.5 Å². The number of aromatic nitrogens is 5. The van der Waals surface area contributed by atoms with Gasteiger partial charge in [-0.05, 0) is 46.5 Å². The van der Waals surface area contributed by atoms with Crippen LogP contribution in [0.5, 0.6) is 0 Å². The minimum Gasteiger partial charge on any atom is -0.322 e. The molecule has 0 spiro atoms. The van der Waals surface area contributed by atoms with E-state index < -0.39 is 11.7 Å². The number of pyridine rings is 1. The van der Waals surface area contributed by atoms with Crippen LogP contribution in [-0.2, 0) is 7.05 Å². The number of nitrogens with one attached hydrogen (secondary N) is 1. The number of aryl methyl sites for hydroxylation is 1. The third-order valence-corrected chi connectivity index (χ3v) is 3.94. The fourth-order valence-corrected chi connectivity index (χ4v) is 2.73. The number of halogens is 2. The Kier molecular flexibility index (Phi) is 4.98. The molecule has 3 rings (SSSR count). The van der Waals surface area contributed by atoms with Crippen molar-refractivity contribution in [2.24, 2.45) is 7.05 Å². The predicted octanol–water partition coefficient (Wildman–Crippen LogP) is 2.84. The number of carbonyl (C=O) groups excluding carboxylic acids is 1. The SMILES string of the molecule is Cn1nnnc1-c1cccc(NC(=O)c2cccnc2SC(F)F)c1. The van der Waals surface area contributed by atoms with E-state index in [4.69, 9.17) is 0 Å². The molecule has 128 valence electrons. The van der Waals surface area contributed by atoms with E-state index in [2.05, 4.69) is 25.8 Å². The molecule has 0 saturated heterocycles. The molecule has 0 aliphatic heterocycles. The second-order valence-corrected chi connectivity index (χ2v) is 5.87. The highest BCUT2D eigenvalue weighted by atomic mass is 32.2. The van der Waals surface area contributed by atoms with Crippen LogP contribution < -0.4 is 5.32 Å². The first kappa shape index (κ1) is 17.0. The van der Waals surface area contributed by atoms with Crippen molar-refractivity contribution in [3.63, 3.8) is 0 Å². The lowest BCUT2D eigenvalue weighted by Gasteiger charge is -2.09. The highest BCUT2D eigenvalue weighted by Gasteiger charge is 2.17. The summed E-state index contributed by atoms with van der Waals surface area (Å²) in [6, 6.07) is 9.87. The molecular weight excluding hydrogens is 350 g/mol. The molecule has 0 unspecified atom stereocenters. The molecule has 0 aliphatic rings. The Hall–Kier alpha value is -2.88. The van der Waals surface area contributed by atoms with Gasteiger partial charge in [-0.25, -0.2) is 9.67 Å². The molecule has 25 heavy (non-hydrogen) atoms. The maximum Gasteiger partial charge on any atom is 0.290 e. The van der Waals surface area contributed by atoms with Crippen LogP contribution in [0, 0.1) is 0 Å². The first-order valence-electron chi connectivity index (χ1n) is 7.08. The number of carbonyl (C=O) groups is 1. The number of benzene rings is 1. The summed E-state index contributed by atoms with van der Waals surface area (Å²) in [5, 5.41) is 13.9. The summed E-state index contributed by atoms with van der Waals surface area (Å²) in [7, 11) is 1.70. The Labute approximate surface area is 145 Å². The van der Waals surface area contributed by atoms with Crippen LogP contribution in [0.4, 0.5) is 14.5 Å². The number of nitrogens with zero attached hydrogens (tertiary/aromatic N) is 5. The summed E-state index contributed by atoms with van der Waals surface area (Å²) in [4.78, 5) is 16.3. The molecular formula is C15H12F2N6OS. The van der Waals surface area contributed by atoms with Crippen molar-refractivity contribution in [3.8, 4) is 11.4 Å². The molecule has 0 atom stereocenters. The summed E-state index contributed by atoms with van der Waals surface area (Å²) in [6.45, 7) is 0. The Morgan fingerprint density at radius 1 is 1.28 bits per heavy atom. The highest BCUT2D eigenvalue weighted by molar-refractivity contribution is 7.99. The quantitative estimate of drug-likeness (QED) is 0.703. The third-order valence-electron chi connectivity index (χ3n) is 3.22. The number of tetrazole rings is 1. The molecule has 0 bridgehead atoms. The first-order chi connectivity index (χ1) is 12.0. The van der Waals surface area contributed by atoms with Crippen LogP contribution in [0.2, 0.25) is 0 Å². The molecule has 10 heteroatoms. The number of anilines is 1. The van der Waals surface area contributed by atoms with Crippen LogP contribution in [0.1, 0.15) is 10.4 Å². The van der Waals surface area contributed by atoms with Crippen LogP contribution in [0.15, 0.2) is 47.6 Å². The zero-order valence-electron chi connectivity index (χ0n) is 12.9. The molecule has 2 aromatic heterocycles. The first-order valence-corrected chi connectivity index (χ1v) is 7.96. The van der Waals surface area contributed by atoms with Crippen molar-refractivity contribution < 1.29 is 13.6 Å². The summed E-state index contributed by atoms with van der Waals surface area (Å²) in [5.41, 5.74) is 1.28. The molecule has 0 fully saturated rings. The normalized spacial score (nSPS) is 10.9. The molecule has 1 aromatic carbocycles. The Balaban J connectivity index is 1.84. The predicted molar refractivity (Wildman–Crippen MR) is 88.3 cm³/mol. The monoisotopic (exact) mass is 362 g/mol. The molecule has 1 N–H and O–H groups in total. The van der Waals surface area contributed by atoms with E-state index in [0.717, 1.165) is 0 Å². The number of alkyl halides is 2. The second kappa shape index (κ2) is 7.34. The van der Waals surface area contributed by atoms with E-state index in [-0.39, 0.29) is 22.4 Å². The van der Waals surface area contributed by atoms with Crippen molar-refractivity contribution in [2.45, 2.75) is 10.8 Å². The average Bonchev–Trinajstić information content (AvgIpc) is 3.01. The standard InChI is InChI=1S/C15H12F2N6OS/c1-23-12(20-21-22-23)9-4-2-5-10(8-9)19-13(24)11-6-3-7-18-14(11)25-15(16)17/h2-8,15H,1H3,(H,19,24). The number of hydrogen-bond acceptors (Lipinski definition) is 6. The van der Waals surface area contributed by atoms with Crippen molar-refractivity contribution in [3.05, 3.63) is 48.2 Å². The minimum atomic E-state index is -2.66. The van der Waals surface area contributed by atoms with Gasteiger partial charge in [-0.15, -0.1) is 5.10 Å². The fourth-order valence-electron chi connectivity index (χ4n) is 2.15. The van der Waals surface area contributed by atoms with E-state index in [1.54, 1.807) is 31.3 Å². The lowest BCUT2D eigenvalue weighted by atomic mass is 10.2. The van der Waals surface area contributed by atoms with Gasteiger partial charge in [0.05, 0.1) is 5.56 Å². The van der Waals surface area contributed by atoms with Crippen molar-refractivity contribution >= 4 is 23.4 Å². The van der Waals surface area contributed by atoms with Crippen molar-refractivity contribution in [1.29, 1.82) is 0 Å². The molecule has 1 amide bonds. The maximum absolute atomic E-state index is 12.6. The van der Waals surface area contributed by atoms with E-state index in [0.29, 0.717) is 17.1 Å². The van der Waals surface area contributed by atoms with Crippen LogP contribution >= 0.6 is 11.8 Å². The van der Waals surface area contributed by atoms with Gasteiger partial charge in [0.25, 0.3) is 11.7 Å². The Morgan fingerprint density at radius 3 is 2.84 bits per heavy atom.